The number of rotatable bonds is 9. The molecule has 4 N–H and O–H groups in total. The van der Waals surface area contributed by atoms with E-state index in [9.17, 15) is 14.4 Å². The number of methoxy groups -OCH3 is 1. The van der Waals surface area contributed by atoms with E-state index in [1.54, 1.807) is 0 Å². The molecule has 2 unspecified atom stereocenters. The lowest BCUT2D eigenvalue weighted by Gasteiger charge is -2.18. The molecule has 122 valence electrons. The number of carbonyl (C=O) groups excluding carboxylic acids is 2. The van der Waals surface area contributed by atoms with Crippen LogP contribution in [0.5, 0.6) is 0 Å². The van der Waals surface area contributed by atoms with Crippen LogP contribution in [-0.2, 0) is 14.3 Å². The lowest BCUT2D eigenvalue weighted by molar-refractivity contribution is -0.139. The van der Waals surface area contributed by atoms with Crippen LogP contribution >= 0.6 is 0 Å². The number of urea groups is 1. The molecule has 0 radical (unpaired) electrons. The maximum absolute atomic E-state index is 11.7. The zero-order valence-corrected chi connectivity index (χ0v) is 12.9. The predicted molar refractivity (Wildman–Crippen MR) is 76.9 cm³/mol. The Morgan fingerprint density at radius 2 is 1.76 bits per heavy atom. The van der Waals surface area contributed by atoms with Crippen molar-refractivity contribution in [1.29, 1.82) is 0 Å². The van der Waals surface area contributed by atoms with E-state index in [1.165, 1.54) is 14.0 Å². The summed E-state index contributed by atoms with van der Waals surface area (Å²) in [5, 5.41) is 16.3. The van der Waals surface area contributed by atoms with Gasteiger partial charge in [0.2, 0.25) is 5.91 Å². The highest BCUT2D eigenvalue weighted by molar-refractivity contribution is 5.88. The van der Waals surface area contributed by atoms with Crippen molar-refractivity contribution in [3.63, 3.8) is 0 Å². The summed E-state index contributed by atoms with van der Waals surface area (Å²) >= 11 is 0. The maximum Gasteiger partial charge on any atom is 0.326 e. The Hall–Kier alpha value is -1.83. The van der Waals surface area contributed by atoms with Crippen molar-refractivity contribution in [3.05, 3.63) is 0 Å². The highest BCUT2D eigenvalue weighted by Crippen LogP contribution is 1.94. The van der Waals surface area contributed by atoms with Crippen LogP contribution in [0, 0.1) is 5.92 Å². The Labute approximate surface area is 124 Å². The van der Waals surface area contributed by atoms with Crippen LogP contribution in [-0.4, -0.2) is 55.4 Å². The molecule has 0 aliphatic heterocycles. The fourth-order valence-corrected chi connectivity index (χ4v) is 1.41. The van der Waals surface area contributed by atoms with Crippen molar-refractivity contribution >= 4 is 17.9 Å². The van der Waals surface area contributed by atoms with Crippen LogP contribution in [0.4, 0.5) is 4.79 Å². The summed E-state index contributed by atoms with van der Waals surface area (Å²) < 4.78 is 4.78. The third-order valence-corrected chi connectivity index (χ3v) is 2.64. The summed E-state index contributed by atoms with van der Waals surface area (Å²) in [4.78, 5) is 34.3. The molecule has 0 aromatic carbocycles. The van der Waals surface area contributed by atoms with E-state index in [1.807, 2.05) is 13.8 Å². The first-order chi connectivity index (χ1) is 9.77. The van der Waals surface area contributed by atoms with Gasteiger partial charge in [-0.05, 0) is 12.8 Å². The van der Waals surface area contributed by atoms with Gasteiger partial charge in [-0.3, -0.25) is 4.79 Å². The van der Waals surface area contributed by atoms with Crippen LogP contribution in [0.1, 0.15) is 27.2 Å². The number of aliphatic carboxylic acids is 1. The number of ether oxygens (including phenoxy) is 1. The summed E-state index contributed by atoms with van der Waals surface area (Å²) in [5.74, 6) is -1.16. The lowest BCUT2D eigenvalue weighted by Crippen LogP contribution is -2.52. The highest BCUT2D eigenvalue weighted by atomic mass is 16.5. The molecule has 0 bridgehead atoms. The number of hydrogen-bond donors (Lipinski definition) is 4. The zero-order chi connectivity index (χ0) is 16.4. The van der Waals surface area contributed by atoms with Crippen molar-refractivity contribution in [3.8, 4) is 0 Å². The molecule has 0 spiro atoms. The lowest BCUT2D eigenvalue weighted by atomic mass is 10.2. The molecule has 0 saturated carbocycles. The maximum atomic E-state index is 11.7. The highest BCUT2D eigenvalue weighted by Gasteiger charge is 2.22. The van der Waals surface area contributed by atoms with Gasteiger partial charge < -0.3 is 25.8 Å². The Kier molecular flexibility index (Phi) is 9.11. The second kappa shape index (κ2) is 9.98. The summed E-state index contributed by atoms with van der Waals surface area (Å²) in [5.41, 5.74) is 0. The first-order valence-electron chi connectivity index (χ1n) is 6.84. The molecule has 0 fully saturated rings. The summed E-state index contributed by atoms with van der Waals surface area (Å²) in [7, 11) is 1.44. The smallest absolute Gasteiger partial charge is 0.326 e. The van der Waals surface area contributed by atoms with Gasteiger partial charge in [0.1, 0.15) is 12.1 Å². The first-order valence-corrected chi connectivity index (χ1v) is 6.84. The largest absolute Gasteiger partial charge is 0.480 e. The van der Waals surface area contributed by atoms with Gasteiger partial charge in [0.05, 0.1) is 0 Å². The Morgan fingerprint density at radius 1 is 1.14 bits per heavy atom. The number of carboxylic acids is 1. The molecule has 8 nitrogen and oxygen atoms in total. The Bertz CT molecular complexity index is 360. The van der Waals surface area contributed by atoms with Gasteiger partial charge in [0.15, 0.2) is 0 Å². The number of amides is 3. The average Bonchev–Trinajstić information content (AvgIpc) is 2.40. The van der Waals surface area contributed by atoms with Gasteiger partial charge in [-0.25, -0.2) is 9.59 Å². The van der Waals surface area contributed by atoms with E-state index in [-0.39, 0.29) is 18.9 Å². The minimum Gasteiger partial charge on any atom is -0.480 e. The van der Waals surface area contributed by atoms with Gasteiger partial charge in [-0.2, -0.15) is 0 Å². The summed E-state index contributed by atoms with van der Waals surface area (Å²) in [6.45, 7) is 6.16. The van der Waals surface area contributed by atoms with Crippen LogP contribution < -0.4 is 16.0 Å². The molecule has 0 aliphatic carbocycles. The van der Waals surface area contributed by atoms with Gasteiger partial charge in [0, 0.05) is 26.7 Å². The Morgan fingerprint density at radius 3 is 2.24 bits per heavy atom. The second-order valence-corrected chi connectivity index (χ2v) is 5.15. The average molecular weight is 303 g/mol. The van der Waals surface area contributed by atoms with Crippen molar-refractivity contribution in [1.82, 2.24) is 16.0 Å². The molecule has 2 atom stereocenters. The molecule has 0 rings (SSSR count). The number of carboxylic acid groups (broad SMARTS) is 1. The minimum absolute atomic E-state index is 0.146. The standard InChI is InChI=1S/C13H25N3O5/c1-8(2)7-14-11(17)9(3)15-13(20)16-10(12(18)19)5-6-21-4/h8-10H,5-7H2,1-4H3,(H,14,17)(H,18,19)(H2,15,16,20). The van der Waals surface area contributed by atoms with Crippen LogP contribution in [0.15, 0.2) is 0 Å². The third-order valence-electron chi connectivity index (χ3n) is 2.64. The molecule has 8 heteroatoms. The van der Waals surface area contributed by atoms with E-state index in [4.69, 9.17) is 9.84 Å². The molecule has 0 aromatic rings. The van der Waals surface area contributed by atoms with E-state index in [0.717, 1.165) is 0 Å². The quantitative estimate of drug-likeness (QED) is 0.476. The first kappa shape index (κ1) is 19.2. The monoisotopic (exact) mass is 303 g/mol. The van der Waals surface area contributed by atoms with Gasteiger partial charge >= 0.3 is 12.0 Å². The molecule has 0 saturated heterocycles. The Balaban J connectivity index is 4.26. The van der Waals surface area contributed by atoms with E-state index in [2.05, 4.69) is 16.0 Å². The summed E-state index contributed by atoms with van der Waals surface area (Å²) in [6.07, 6.45) is 0.146. The SMILES string of the molecule is COCCC(NC(=O)NC(C)C(=O)NCC(C)C)C(=O)O. The number of carbonyl (C=O) groups is 3. The topological polar surface area (TPSA) is 117 Å². The third kappa shape index (κ3) is 8.85. The van der Waals surface area contributed by atoms with Crippen LogP contribution in [0.25, 0.3) is 0 Å². The van der Waals surface area contributed by atoms with Gasteiger partial charge in [-0.15, -0.1) is 0 Å². The van der Waals surface area contributed by atoms with Gasteiger partial charge in [0.25, 0.3) is 0 Å². The predicted octanol–water partition coefficient (Wildman–Crippen LogP) is -0.0640. The van der Waals surface area contributed by atoms with Crippen LogP contribution in [0.2, 0.25) is 0 Å². The number of hydrogen-bond acceptors (Lipinski definition) is 4. The fourth-order valence-electron chi connectivity index (χ4n) is 1.41. The normalized spacial score (nSPS) is 13.4. The molecular formula is C13H25N3O5. The molecule has 21 heavy (non-hydrogen) atoms. The van der Waals surface area contributed by atoms with Gasteiger partial charge in [-0.1, -0.05) is 13.8 Å². The van der Waals surface area contributed by atoms with E-state index in [0.29, 0.717) is 12.5 Å². The second-order valence-electron chi connectivity index (χ2n) is 5.15. The zero-order valence-electron chi connectivity index (χ0n) is 12.9. The van der Waals surface area contributed by atoms with Crippen molar-refractivity contribution < 1.29 is 24.2 Å². The van der Waals surface area contributed by atoms with Crippen LogP contribution in [0.3, 0.4) is 0 Å². The minimum atomic E-state index is -1.15. The molecular weight excluding hydrogens is 278 g/mol. The van der Waals surface area contributed by atoms with E-state index >= 15 is 0 Å². The molecule has 0 heterocycles. The number of nitrogens with one attached hydrogen (secondary N) is 3. The van der Waals surface area contributed by atoms with E-state index < -0.39 is 24.1 Å². The molecule has 0 aromatic heterocycles. The van der Waals surface area contributed by atoms with Crippen molar-refractivity contribution in [2.75, 3.05) is 20.3 Å². The summed E-state index contributed by atoms with van der Waals surface area (Å²) in [6, 6.07) is -2.51. The molecule has 3 amide bonds. The molecule has 0 aliphatic rings. The fraction of sp³-hybridized carbons (Fsp3) is 0.769. The van der Waals surface area contributed by atoms with Crippen molar-refractivity contribution in [2.45, 2.75) is 39.3 Å². The van der Waals surface area contributed by atoms with Crippen molar-refractivity contribution in [2.24, 2.45) is 5.92 Å².